The summed E-state index contributed by atoms with van der Waals surface area (Å²) in [5.74, 6) is 0.837. The van der Waals surface area contributed by atoms with Crippen LogP contribution >= 0.6 is 15.9 Å². The number of primary sulfonamides is 1. The quantitative estimate of drug-likeness (QED) is 0.885. The molecule has 0 atom stereocenters. The zero-order valence-electron chi connectivity index (χ0n) is 11.9. The van der Waals surface area contributed by atoms with Gasteiger partial charge in [0.05, 0.1) is 4.90 Å². The highest BCUT2D eigenvalue weighted by Crippen LogP contribution is 2.28. The molecule has 0 fully saturated rings. The summed E-state index contributed by atoms with van der Waals surface area (Å²) >= 11 is 3.53. The highest BCUT2D eigenvalue weighted by molar-refractivity contribution is 9.10. The number of nitrogens with two attached hydrogens (primary N) is 1. The van der Waals surface area contributed by atoms with Crippen molar-refractivity contribution in [2.24, 2.45) is 17.0 Å². The van der Waals surface area contributed by atoms with Crippen molar-refractivity contribution in [3.63, 3.8) is 0 Å². The Balaban J connectivity index is 3.37. The van der Waals surface area contributed by atoms with Crippen molar-refractivity contribution >= 4 is 26.0 Å². The summed E-state index contributed by atoms with van der Waals surface area (Å²) in [6, 6.07) is 3.62. The molecule has 1 rings (SSSR count). The van der Waals surface area contributed by atoms with Crippen LogP contribution in [0.4, 0.5) is 0 Å². The van der Waals surface area contributed by atoms with Crippen LogP contribution in [0.1, 0.15) is 38.8 Å². The molecular weight excluding hydrogens is 326 g/mol. The van der Waals surface area contributed by atoms with Crippen LogP contribution in [-0.4, -0.2) is 8.42 Å². The van der Waals surface area contributed by atoms with E-state index in [1.807, 2.05) is 6.07 Å². The lowest BCUT2D eigenvalue weighted by Crippen LogP contribution is -2.16. The molecule has 3 nitrogen and oxygen atoms in total. The first-order valence-electron chi connectivity index (χ1n) is 6.45. The first-order chi connectivity index (χ1) is 8.61. The van der Waals surface area contributed by atoms with Gasteiger partial charge < -0.3 is 0 Å². The maximum atomic E-state index is 11.7. The molecule has 0 spiro atoms. The standard InChI is InChI=1S/C14H22BrNO2S/c1-9(2)5-11-8-14(19(16,17)18)12(6-10(3)4)7-13(11)15/h7-10H,5-6H2,1-4H3,(H2,16,17,18). The Kier molecular flexibility index (Phi) is 5.59. The SMILES string of the molecule is CC(C)Cc1cc(S(N)(=O)=O)c(CC(C)C)cc1Br. The average Bonchev–Trinajstić information content (AvgIpc) is 2.18. The van der Waals surface area contributed by atoms with Crippen LogP contribution < -0.4 is 5.14 Å². The zero-order valence-corrected chi connectivity index (χ0v) is 14.3. The van der Waals surface area contributed by atoms with Gasteiger partial charge >= 0.3 is 0 Å². The van der Waals surface area contributed by atoms with Gasteiger partial charge in [0.25, 0.3) is 0 Å². The van der Waals surface area contributed by atoms with E-state index in [0.29, 0.717) is 18.3 Å². The third-order valence-corrected chi connectivity index (χ3v) is 4.52. The van der Waals surface area contributed by atoms with Crippen molar-refractivity contribution < 1.29 is 8.42 Å². The van der Waals surface area contributed by atoms with Gasteiger partial charge in [0, 0.05) is 4.47 Å². The van der Waals surface area contributed by atoms with Crippen molar-refractivity contribution in [3.8, 4) is 0 Å². The van der Waals surface area contributed by atoms with Crippen LogP contribution in [-0.2, 0) is 22.9 Å². The Morgan fingerprint density at radius 1 is 1.05 bits per heavy atom. The second-order valence-electron chi connectivity index (χ2n) is 5.79. The molecule has 0 saturated carbocycles. The van der Waals surface area contributed by atoms with Gasteiger partial charge in [0.15, 0.2) is 0 Å². The number of hydrogen-bond acceptors (Lipinski definition) is 2. The lowest BCUT2D eigenvalue weighted by atomic mass is 9.98. The van der Waals surface area contributed by atoms with Crippen molar-refractivity contribution in [1.29, 1.82) is 0 Å². The first kappa shape index (κ1) is 16.7. The van der Waals surface area contributed by atoms with Gasteiger partial charge in [-0.25, -0.2) is 13.6 Å². The van der Waals surface area contributed by atoms with E-state index in [9.17, 15) is 8.42 Å². The van der Waals surface area contributed by atoms with E-state index in [0.717, 1.165) is 22.0 Å². The van der Waals surface area contributed by atoms with E-state index in [1.165, 1.54) is 0 Å². The lowest BCUT2D eigenvalue weighted by Gasteiger charge is -2.15. The summed E-state index contributed by atoms with van der Waals surface area (Å²) in [6.45, 7) is 8.32. The molecule has 19 heavy (non-hydrogen) atoms. The average molecular weight is 348 g/mol. The van der Waals surface area contributed by atoms with Gasteiger partial charge in [-0.3, -0.25) is 0 Å². The Labute approximate surface area is 124 Å². The second-order valence-corrected chi connectivity index (χ2v) is 8.18. The van der Waals surface area contributed by atoms with Gasteiger partial charge in [0.1, 0.15) is 0 Å². The van der Waals surface area contributed by atoms with Gasteiger partial charge in [0.2, 0.25) is 10.0 Å². The fourth-order valence-electron chi connectivity index (χ4n) is 2.10. The minimum Gasteiger partial charge on any atom is -0.225 e. The second kappa shape index (κ2) is 6.37. The van der Waals surface area contributed by atoms with Crippen LogP contribution in [0.2, 0.25) is 0 Å². The minimum atomic E-state index is -3.67. The predicted octanol–water partition coefficient (Wildman–Crippen LogP) is 3.49. The topological polar surface area (TPSA) is 60.2 Å². The first-order valence-corrected chi connectivity index (χ1v) is 8.79. The molecule has 0 bridgehead atoms. The molecule has 2 N–H and O–H groups in total. The maximum absolute atomic E-state index is 11.7. The van der Waals surface area contributed by atoms with E-state index in [-0.39, 0.29) is 4.90 Å². The van der Waals surface area contributed by atoms with Crippen LogP contribution in [0.3, 0.4) is 0 Å². The van der Waals surface area contributed by atoms with E-state index in [2.05, 4.69) is 43.6 Å². The lowest BCUT2D eigenvalue weighted by molar-refractivity contribution is 0.590. The highest BCUT2D eigenvalue weighted by Gasteiger charge is 2.18. The number of benzene rings is 1. The fourth-order valence-corrected chi connectivity index (χ4v) is 3.46. The molecule has 0 aliphatic heterocycles. The number of rotatable bonds is 5. The third kappa shape index (κ3) is 4.89. The van der Waals surface area contributed by atoms with Gasteiger partial charge in [-0.1, -0.05) is 43.6 Å². The molecule has 0 saturated heterocycles. The Bertz CT molecular complexity index is 551. The Morgan fingerprint density at radius 2 is 1.53 bits per heavy atom. The number of hydrogen-bond donors (Lipinski definition) is 1. The van der Waals surface area contributed by atoms with Gasteiger partial charge in [-0.15, -0.1) is 0 Å². The number of sulfonamides is 1. The van der Waals surface area contributed by atoms with E-state index >= 15 is 0 Å². The summed E-state index contributed by atoms with van der Waals surface area (Å²) in [5, 5.41) is 5.34. The van der Waals surface area contributed by atoms with Gasteiger partial charge in [-0.05, 0) is 47.9 Å². The Hall–Kier alpha value is -0.390. The van der Waals surface area contributed by atoms with Crippen molar-refractivity contribution in [1.82, 2.24) is 0 Å². The molecule has 1 aromatic carbocycles. The van der Waals surface area contributed by atoms with Crippen LogP contribution in [0, 0.1) is 11.8 Å². The van der Waals surface area contributed by atoms with Crippen LogP contribution in [0.15, 0.2) is 21.5 Å². The summed E-state index contributed by atoms with van der Waals surface area (Å²) in [7, 11) is -3.67. The summed E-state index contributed by atoms with van der Waals surface area (Å²) in [5.41, 5.74) is 1.78. The van der Waals surface area contributed by atoms with Crippen molar-refractivity contribution in [3.05, 3.63) is 27.7 Å². The minimum absolute atomic E-state index is 0.264. The van der Waals surface area contributed by atoms with Crippen molar-refractivity contribution in [2.75, 3.05) is 0 Å². The summed E-state index contributed by atoms with van der Waals surface area (Å²) in [6.07, 6.45) is 1.53. The van der Waals surface area contributed by atoms with E-state index in [1.54, 1.807) is 6.07 Å². The smallest absolute Gasteiger partial charge is 0.225 e. The molecule has 0 unspecified atom stereocenters. The largest absolute Gasteiger partial charge is 0.238 e. The molecule has 0 amide bonds. The zero-order chi connectivity index (χ0) is 14.8. The molecule has 0 aliphatic carbocycles. The Morgan fingerprint density at radius 3 is 1.95 bits per heavy atom. The molecular formula is C14H22BrNO2S. The van der Waals surface area contributed by atoms with Crippen LogP contribution in [0.5, 0.6) is 0 Å². The molecule has 1 aromatic rings. The van der Waals surface area contributed by atoms with E-state index in [4.69, 9.17) is 5.14 Å². The monoisotopic (exact) mass is 347 g/mol. The maximum Gasteiger partial charge on any atom is 0.238 e. The number of halogens is 1. The predicted molar refractivity (Wildman–Crippen MR) is 82.6 cm³/mol. The normalized spacial score (nSPS) is 12.4. The van der Waals surface area contributed by atoms with Gasteiger partial charge in [-0.2, -0.15) is 0 Å². The molecule has 0 radical (unpaired) electrons. The molecule has 0 aliphatic rings. The van der Waals surface area contributed by atoms with Crippen LogP contribution in [0.25, 0.3) is 0 Å². The highest BCUT2D eigenvalue weighted by atomic mass is 79.9. The van der Waals surface area contributed by atoms with Crippen molar-refractivity contribution in [2.45, 2.75) is 45.4 Å². The third-order valence-electron chi connectivity index (χ3n) is 2.79. The molecule has 0 heterocycles. The molecule has 0 aromatic heterocycles. The summed E-state index contributed by atoms with van der Waals surface area (Å²) in [4.78, 5) is 0.264. The molecule has 5 heteroatoms. The molecule has 108 valence electrons. The summed E-state index contributed by atoms with van der Waals surface area (Å²) < 4.78 is 24.5. The fraction of sp³-hybridized carbons (Fsp3) is 0.571. The van der Waals surface area contributed by atoms with E-state index < -0.39 is 10.0 Å².